The highest BCUT2D eigenvalue weighted by molar-refractivity contribution is 6.02. The van der Waals surface area contributed by atoms with Gasteiger partial charge >= 0.3 is 12.1 Å². The summed E-state index contributed by atoms with van der Waals surface area (Å²) < 4.78 is 6.49. The lowest BCUT2D eigenvalue weighted by molar-refractivity contribution is 0.0373. The van der Waals surface area contributed by atoms with E-state index in [1.54, 1.807) is 42.0 Å². The molecular formula is C31H39N5O5. The predicted molar refractivity (Wildman–Crippen MR) is 160 cm³/mol. The van der Waals surface area contributed by atoms with Crippen molar-refractivity contribution in [3.05, 3.63) is 66.2 Å². The highest BCUT2D eigenvalue weighted by Gasteiger charge is 2.35. The summed E-state index contributed by atoms with van der Waals surface area (Å²) in [6.07, 6.45) is -0.533. The molecule has 3 aromatic rings. The van der Waals surface area contributed by atoms with E-state index in [1.807, 2.05) is 63.2 Å². The van der Waals surface area contributed by atoms with Crippen molar-refractivity contribution in [3.63, 3.8) is 0 Å². The minimum absolute atomic E-state index is 0.0920. The number of benzene rings is 3. The van der Waals surface area contributed by atoms with E-state index in [2.05, 4.69) is 16.0 Å². The molecule has 5 amide bonds. The van der Waals surface area contributed by atoms with Crippen LogP contribution in [0.25, 0.3) is 10.8 Å². The van der Waals surface area contributed by atoms with Crippen LogP contribution in [0.4, 0.5) is 21.0 Å². The first-order chi connectivity index (χ1) is 19.6. The Bertz CT molecular complexity index is 1410. The van der Waals surface area contributed by atoms with Crippen molar-refractivity contribution in [1.82, 2.24) is 15.1 Å². The molecule has 0 spiro atoms. The van der Waals surface area contributed by atoms with Gasteiger partial charge in [-0.15, -0.1) is 0 Å². The quantitative estimate of drug-likeness (QED) is 0.331. The van der Waals surface area contributed by atoms with Crippen LogP contribution >= 0.6 is 0 Å². The average molecular weight is 562 g/mol. The number of para-hydroxylation sites is 1. The van der Waals surface area contributed by atoms with Gasteiger partial charge in [-0.3, -0.25) is 4.79 Å². The number of amides is 5. The van der Waals surface area contributed by atoms with Crippen molar-refractivity contribution in [1.29, 1.82) is 0 Å². The zero-order chi connectivity index (χ0) is 29.7. The molecule has 0 fully saturated rings. The van der Waals surface area contributed by atoms with Crippen LogP contribution in [-0.4, -0.2) is 77.8 Å². The summed E-state index contributed by atoms with van der Waals surface area (Å²) >= 11 is 0. The first-order valence-corrected chi connectivity index (χ1v) is 13.9. The molecule has 10 nitrogen and oxygen atoms in total. The van der Waals surface area contributed by atoms with Gasteiger partial charge in [0.05, 0.1) is 36.1 Å². The summed E-state index contributed by atoms with van der Waals surface area (Å²) in [5.41, 5.74) is 1.31. The van der Waals surface area contributed by atoms with Crippen LogP contribution in [-0.2, 0) is 0 Å². The summed E-state index contributed by atoms with van der Waals surface area (Å²) in [7, 11) is 1.69. The Morgan fingerprint density at radius 1 is 1.02 bits per heavy atom. The Balaban J connectivity index is 1.63. The maximum atomic E-state index is 13.6. The largest absolute Gasteiger partial charge is 0.485 e. The maximum Gasteiger partial charge on any atom is 0.321 e. The lowest BCUT2D eigenvalue weighted by atomic mass is 9.99. The third kappa shape index (κ3) is 6.89. The first-order valence-electron chi connectivity index (χ1n) is 13.9. The third-order valence-corrected chi connectivity index (χ3v) is 7.19. The zero-order valence-corrected chi connectivity index (χ0v) is 24.2. The molecule has 3 aromatic carbocycles. The van der Waals surface area contributed by atoms with Crippen molar-refractivity contribution in [2.75, 3.05) is 37.4 Å². The Morgan fingerprint density at radius 3 is 2.44 bits per heavy atom. The number of fused-ring (bicyclic) bond motifs is 2. The number of anilines is 2. The molecule has 0 bridgehead atoms. The molecule has 0 unspecified atom stereocenters. The molecule has 1 heterocycles. The highest BCUT2D eigenvalue weighted by atomic mass is 16.5. The van der Waals surface area contributed by atoms with Gasteiger partial charge in [0.2, 0.25) is 0 Å². The molecule has 0 saturated heterocycles. The van der Waals surface area contributed by atoms with Crippen molar-refractivity contribution in [2.24, 2.45) is 5.92 Å². The predicted octanol–water partition coefficient (Wildman–Crippen LogP) is 4.75. The van der Waals surface area contributed by atoms with Gasteiger partial charge in [-0.1, -0.05) is 49.4 Å². The van der Waals surface area contributed by atoms with Gasteiger partial charge in [0.15, 0.2) is 5.75 Å². The minimum atomic E-state index is -0.533. The number of aliphatic hydroxyl groups is 1. The van der Waals surface area contributed by atoms with E-state index < -0.39 is 18.2 Å². The SMILES string of the molecule is CC(C)NC(=O)Nc1cccc2c1O[C@H](CN(C)C(=O)Nc1cccc3ccccc13)[C@H](C)CN([C@H](C)CO)C2=O. The second-order valence-electron chi connectivity index (χ2n) is 10.9. The second-order valence-corrected chi connectivity index (χ2v) is 10.9. The molecule has 1 aliphatic heterocycles. The molecule has 4 rings (SSSR count). The van der Waals surface area contributed by atoms with E-state index in [0.717, 1.165) is 10.8 Å². The van der Waals surface area contributed by atoms with Gasteiger partial charge in [-0.2, -0.15) is 0 Å². The number of hydrogen-bond donors (Lipinski definition) is 4. The number of nitrogens with one attached hydrogen (secondary N) is 3. The molecule has 0 saturated carbocycles. The fraction of sp³-hybridized carbons (Fsp3) is 0.387. The first kappa shape index (κ1) is 29.7. The maximum absolute atomic E-state index is 13.6. The van der Waals surface area contributed by atoms with E-state index in [0.29, 0.717) is 17.9 Å². The fourth-order valence-electron chi connectivity index (χ4n) is 4.88. The average Bonchev–Trinajstić information content (AvgIpc) is 2.94. The molecule has 3 atom stereocenters. The standard InChI is InChI=1S/C31H39N5O5/c1-19(2)32-30(39)33-26-15-9-13-24-28(26)41-27(20(3)16-36(29(24)38)21(4)18-37)17-35(5)31(40)34-25-14-8-11-22-10-6-7-12-23(22)25/h6-15,19-21,27,37H,16-18H2,1-5H3,(H,34,40)(H2,32,33,39)/t20-,21-,27-/m1/s1. The fourth-order valence-corrected chi connectivity index (χ4v) is 4.88. The number of aliphatic hydroxyl groups excluding tert-OH is 1. The van der Waals surface area contributed by atoms with E-state index in [-0.39, 0.29) is 48.4 Å². The topological polar surface area (TPSA) is 123 Å². The van der Waals surface area contributed by atoms with Gasteiger partial charge in [-0.25, -0.2) is 9.59 Å². The van der Waals surface area contributed by atoms with Gasteiger partial charge in [-0.05, 0) is 44.4 Å². The molecule has 4 N–H and O–H groups in total. The number of carbonyl (C=O) groups excluding carboxylic acids is 3. The number of ether oxygens (including phenoxy) is 1. The van der Waals surface area contributed by atoms with Crippen LogP contribution < -0.4 is 20.7 Å². The Morgan fingerprint density at radius 2 is 1.71 bits per heavy atom. The van der Waals surface area contributed by atoms with Crippen molar-refractivity contribution in [2.45, 2.75) is 45.9 Å². The van der Waals surface area contributed by atoms with Crippen molar-refractivity contribution >= 4 is 40.1 Å². The molecule has 0 aromatic heterocycles. The Labute approximate surface area is 240 Å². The summed E-state index contributed by atoms with van der Waals surface area (Å²) in [6.45, 7) is 7.73. The van der Waals surface area contributed by atoms with Crippen LogP contribution in [0.1, 0.15) is 38.1 Å². The summed E-state index contributed by atoms with van der Waals surface area (Å²) in [5.74, 6) is -0.292. The molecule has 1 aliphatic rings. The highest BCUT2D eigenvalue weighted by Crippen LogP contribution is 2.35. The van der Waals surface area contributed by atoms with Crippen LogP contribution in [0.15, 0.2) is 60.7 Å². The molecular weight excluding hydrogens is 522 g/mol. The smallest absolute Gasteiger partial charge is 0.321 e. The number of rotatable bonds is 7. The van der Waals surface area contributed by atoms with Gasteiger partial charge in [0.1, 0.15) is 6.10 Å². The monoisotopic (exact) mass is 561 g/mol. The van der Waals surface area contributed by atoms with E-state index in [4.69, 9.17) is 4.74 Å². The molecule has 41 heavy (non-hydrogen) atoms. The van der Waals surface area contributed by atoms with Crippen LogP contribution in [0.2, 0.25) is 0 Å². The van der Waals surface area contributed by atoms with Crippen LogP contribution in [0.3, 0.4) is 0 Å². The molecule has 0 aliphatic carbocycles. The Kier molecular flexibility index (Phi) is 9.34. The van der Waals surface area contributed by atoms with Crippen molar-refractivity contribution in [3.8, 4) is 5.75 Å². The van der Waals surface area contributed by atoms with E-state index >= 15 is 0 Å². The number of nitrogens with zero attached hydrogens (tertiary/aromatic N) is 2. The van der Waals surface area contributed by atoms with E-state index in [9.17, 15) is 19.5 Å². The molecule has 10 heteroatoms. The van der Waals surface area contributed by atoms with Gasteiger partial charge in [0, 0.05) is 30.9 Å². The zero-order valence-electron chi connectivity index (χ0n) is 24.2. The van der Waals surface area contributed by atoms with Gasteiger partial charge in [0.25, 0.3) is 5.91 Å². The lowest BCUT2D eigenvalue weighted by Gasteiger charge is -2.38. The van der Waals surface area contributed by atoms with Gasteiger partial charge < -0.3 is 35.6 Å². The lowest BCUT2D eigenvalue weighted by Crippen LogP contribution is -2.50. The number of likely N-dealkylation sites (N-methyl/N-ethyl adjacent to an activating group) is 1. The summed E-state index contributed by atoms with van der Waals surface area (Å²) in [4.78, 5) is 42.7. The number of hydrogen-bond acceptors (Lipinski definition) is 5. The van der Waals surface area contributed by atoms with Crippen LogP contribution in [0, 0.1) is 5.92 Å². The summed E-state index contributed by atoms with van der Waals surface area (Å²) in [5, 5.41) is 20.4. The Hall–Kier alpha value is -4.31. The number of carbonyl (C=O) groups is 3. The molecule has 218 valence electrons. The van der Waals surface area contributed by atoms with Crippen LogP contribution in [0.5, 0.6) is 5.75 Å². The third-order valence-electron chi connectivity index (χ3n) is 7.19. The van der Waals surface area contributed by atoms with Crippen molar-refractivity contribution < 1.29 is 24.2 Å². The minimum Gasteiger partial charge on any atom is -0.485 e. The summed E-state index contributed by atoms with van der Waals surface area (Å²) in [6, 6.07) is 17.3. The molecule has 0 radical (unpaired) electrons. The second kappa shape index (κ2) is 12.9. The normalized spacial score (nSPS) is 17.6. The van der Waals surface area contributed by atoms with E-state index in [1.165, 1.54) is 0 Å². The number of urea groups is 2.